The van der Waals surface area contributed by atoms with E-state index in [1.807, 2.05) is 6.92 Å². The molecule has 146 valence electrons. The Balaban J connectivity index is 1.82. The van der Waals surface area contributed by atoms with Crippen molar-refractivity contribution in [1.29, 1.82) is 0 Å². The van der Waals surface area contributed by atoms with Crippen molar-refractivity contribution < 1.29 is 18.7 Å². The average molecular weight is 374 g/mol. The summed E-state index contributed by atoms with van der Waals surface area (Å²) in [6.07, 6.45) is 5.29. The molecule has 0 radical (unpaired) electrons. The predicted molar refractivity (Wildman–Crippen MR) is 99.7 cm³/mol. The number of halogens is 2. The third-order valence-electron chi connectivity index (χ3n) is 8.17. The molecule has 0 saturated heterocycles. The highest BCUT2D eigenvalue weighted by atomic mass is 19.3. The Morgan fingerprint density at radius 3 is 2.74 bits per heavy atom. The number of carbonyl (C=O) groups is 1. The summed E-state index contributed by atoms with van der Waals surface area (Å²) in [6.45, 7) is 3.73. The quantitative estimate of drug-likeness (QED) is 0.654. The van der Waals surface area contributed by atoms with Crippen LogP contribution in [-0.2, 0) is 4.79 Å². The first-order chi connectivity index (χ1) is 12.9. The molecule has 0 aromatic heterocycles. The van der Waals surface area contributed by atoms with Crippen LogP contribution in [0.1, 0.15) is 65.2 Å². The van der Waals surface area contributed by atoms with E-state index in [0.717, 1.165) is 24.8 Å². The fourth-order valence-corrected chi connectivity index (χ4v) is 7.12. The Morgan fingerprint density at radius 1 is 1.30 bits per heavy atom. The van der Waals surface area contributed by atoms with Gasteiger partial charge in [-0.05, 0) is 87.2 Å². The molecule has 0 aliphatic heterocycles. The molecule has 1 unspecified atom stereocenters. The molecule has 27 heavy (non-hydrogen) atoms. The van der Waals surface area contributed by atoms with Crippen molar-refractivity contribution >= 4 is 5.78 Å². The Morgan fingerprint density at radius 2 is 2.07 bits per heavy atom. The van der Waals surface area contributed by atoms with Gasteiger partial charge in [0.15, 0.2) is 5.78 Å². The van der Waals surface area contributed by atoms with Crippen molar-refractivity contribution in [2.45, 2.75) is 70.8 Å². The maximum Gasteiger partial charge on any atom is 0.269 e. The number of fused-ring (bicyclic) bond motifs is 5. The van der Waals surface area contributed by atoms with Gasteiger partial charge in [0.1, 0.15) is 5.60 Å². The molecule has 1 N–H and O–H groups in total. The third kappa shape index (κ3) is 2.58. The highest BCUT2D eigenvalue weighted by molar-refractivity contribution is 5.91. The van der Waals surface area contributed by atoms with Crippen molar-refractivity contribution in [2.24, 2.45) is 29.1 Å². The lowest BCUT2D eigenvalue weighted by molar-refractivity contribution is -0.116. The van der Waals surface area contributed by atoms with Crippen molar-refractivity contribution in [3.8, 4) is 11.8 Å². The van der Waals surface area contributed by atoms with Gasteiger partial charge in [-0.2, -0.15) is 8.78 Å². The highest BCUT2D eigenvalue weighted by Crippen LogP contribution is 2.67. The van der Waals surface area contributed by atoms with Crippen LogP contribution in [0.2, 0.25) is 0 Å². The van der Waals surface area contributed by atoms with Gasteiger partial charge in [-0.1, -0.05) is 18.4 Å². The van der Waals surface area contributed by atoms with Crippen molar-refractivity contribution in [3.05, 3.63) is 23.3 Å². The Bertz CT molecular complexity index is 782. The zero-order valence-corrected chi connectivity index (χ0v) is 16.2. The minimum Gasteiger partial charge on any atom is -0.377 e. The van der Waals surface area contributed by atoms with Crippen LogP contribution < -0.4 is 0 Å². The van der Waals surface area contributed by atoms with Crippen molar-refractivity contribution in [1.82, 2.24) is 0 Å². The smallest absolute Gasteiger partial charge is 0.269 e. The van der Waals surface area contributed by atoms with E-state index >= 15 is 0 Å². The number of ketones is 1. The fraction of sp³-hybridized carbons (Fsp3) is 0.696. The van der Waals surface area contributed by atoms with Crippen LogP contribution in [0.15, 0.2) is 23.3 Å². The second-order valence-electron chi connectivity index (χ2n) is 8.91. The second-order valence-corrected chi connectivity index (χ2v) is 8.91. The average Bonchev–Trinajstić information content (AvgIpc) is 2.93. The van der Waals surface area contributed by atoms with Gasteiger partial charge >= 0.3 is 0 Å². The number of hydrogen-bond acceptors (Lipinski definition) is 2. The fourth-order valence-electron chi connectivity index (χ4n) is 7.12. The molecule has 6 atom stereocenters. The first-order valence-electron chi connectivity index (χ1n) is 10.3. The van der Waals surface area contributed by atoms with Crippen LogP contribution in [-0.4, -0.2) is 16.5 Å². The van der Waals surface area contributed by atoms with Crippen LogP contribution in [0, 0.1) is 40.9 Å². The van der Waals surface area contributed by atoms with Crippen molar-refractivity contribution in [3.63, 3.8) is 0 Å². The lowest BCUT2D eigenvalue weighted by Crippen LogP contribution is -2.54. The molecule has 2 nitrogen and oxygen atoms in total. The highest BCUT2D eigenvalue weighted by Gasteiger charge is 2.65. The first kappa shape index (κ1) is 18.9. The Hall–Kier alpha value is -1.47. The molecule has 3 fully saturated rings. The summed E-state index contributed by atoms with van der Waals surface area (Å²) < 4.78 is 28.4. The monoisotopic (exact) mass is 374 g/mol. The number of hydrogen-bond donors (Lipinski definition) is 1. The van der Waals surface area contributed by atoms with Gasteiger partial charge in [0, 0.05) is 11.8 Å². The number of carbonyl (C=O) groups excluding carboxylic acids is 1. The SMILES string of the molecule is CC#C[C@]1(O)CC[C@H]2[C@@H]3CCC4=CC(=O)CC[C@@H]4[C@H]3C(=C(F)F)CC21CC. The molecular formula is C23H28F2O2. The van der Waals surface area contributed by atoms with Gasteiger partial charge in [-0.15, -0.1) is 5.92 Å². The number of aliphatic hydroxyl groups is 1. The molecule has 0 spiro atoms. The van der Waals surface area contributed by atoms with E-state index in [1.165, 1.54) is 0 Å². The lowest BCUT2D eigenvalue weighted by atomic mass is 9.48. The Kier molecular flexibility index (Phi) is 4.58. The largest absolute Gasteiger partial charge is 0.377 e. The molecule has 0 aromatic carbocycles. The topological polar surface area (TPSA) is 37.3 Å². The summed E-state index contributed by atoms with van der Waals surface area (Å²) in [5.41, 5.74) is -0.439. The van der Waals surface area contributed by atoms with Crippen LogP contribution in [0.4, 0.5) is 8.78 Å². The van der Waals surface area contributed by atoms with Crippen LogP contribution >= 0.6 is 0 Å². The minimum absolute atomic E-state index is 0.0683. The standard InChI is InChI=1S/C23H28F2O2/c1-3-10-23(27)11-9-19-17-7-5-14-12-15(26)6-8-16(14)20(17)18(21(24)25)13-22(19,23)4-2/h12,16-17,19-20,27H,4-9,11,13H2,1-2H3/t16-,17-,19-,20+,22?,23-/m0/s1. The molecule has 0 bridgehead atoms. The molecule has 4 heteroatoms. The molecule has 0 amide bonds. The number of allylic oxidation sites excluding steroid dienone is 2. The zero-order valence-electron chi connectivity index (χ0n) is 16.2. The second kappa shape index (κ2) is 6.55. The van der Waals surface area contributed by atoms with E-state index in [1.54, 1.807) is 13.0 Å². The van der Waals surface area contributed by atoms with Gasteiger partial charge in [0.2, 0.25) is 0 Å². The summed E-state index contributed by atoms with van der Waals surface area (Å²) in [4.78, 5) is 11.8. The van der Waals surface area contributed by atoms with E-state index in [2.05, 4.69) is 11.8 Å². The van der Waals surface area contributed by atoms with Crippen LogP contribution in [0.3, 0.4) is 0 Å². The zero-order chi connectivity index (χ0) is 19.4. The van der Waals surface area contributed by atoms with Crippen LogP contribution in [0.5, 0.6) is 0 Å². The van der Waals surface area contributed by atoms with E-state index in [4.69, 9.17) is 0 Å². The minimum atomic E-state index is -1.58. The Labute approximate surface area is 160 Å². The van der Waals surface area contributed by atoms with Gasteiger partial charge in [-0.25, -0.2) is 0 Å². The third-order valence-corrected chi connectivity index (χ3v) is 8.17. The maximum absolute atomic E-state index is 14.2. The van der Waals surface area contributed by atoms with E-state index < -0.39 is 17.1 Å². The van der Waals surface area contributed by atoms with E-state index in [9.17, 15) is 18.7 Å². The summed E-state index contributed by atoms with van der Waals surface area (Å²) >= 11 is 0. The summed E-state index contributed by atoms with van der Waals surface area (Å²) in [5, 5.41) is 11.4. The normalized spacial score (nSPS) is 43.1. The molecule has 0 heterocycles. The van der Waals surface area contributed by atoms with Crippen LogP contribution in [0.25, 0.3) is 0 Å². The number of rotatable bonds is 1. The van der Waals surface area contributed by atoms with Gasteiger partial charge in [0.25, 0.3) is 6.08 Å². The molecule has 0 aromatic rings. The lowest BCUT2D eigenvalue weighted by Gasteiger charge is -2.56. The van der Waals surface area contributed by atoms with Gasteiger partial charge in [0.05, 0.1) is 0 Å². The first-order valence-corrected chi connectivity index (χ1v) is 10.3. The maximum atomic E-state index is 14.2. The molecule has 4 aliphatic carbocycles. The van der Waals surface area contributed by atoms with Gasteiger partial charge < -0.3 is 5.11 Å². The summed E-state index contributed by atoms with van der Waals surface area (Å²) in [7, 11) is 0. The summed E-state index contributed by atoms with van der Waals surface area (Å²) in [5.74, 6) is 6.27. The van der Waals surface area contributed by atoms with E-state index in [-0.39, 0.29) is 41.4 Å². The molecule has 3 saturated carbocycles. The van der Waals surface area contributed by atoms with Gasteiger partial charge in [-0.3, -0.25) is 4.79 Å². The molecular weight excluding hydrogens is 346 g/mol. The molecule has 4 rings (SSSR count). The van der Waals surface area contributed by atoms with Crippen molar-refractivity contribution in [2.75, 3.05) is 0 Å². The summed E-state index contributed by atoms with van der Waals surface area (Å²) in [6, 6.07) is 0. The van der Waals surface area contributed by atoms with E-state index in [0.29, 0.717) is 25.7 Å². The molecule has 4 aliphatic rings. The predicted octanol–water partition coefficient (Wildman–Crippen LogP) is 5.03.